The maximum Gasteiger partial charge on any atom is 0.140 e. The lowest BCUT2D eigenvalue weighted by molar-refractivity contribution is 0.820. The zero-order valence-electron chi connectivity index (χ0n) is 10.1. The summed E-state index contributed by atoms with van der Waals surface area (Å²) in [5.74, 6) is 0.963. The second kappa shape index (κ2) is 5.19. The van der Waals surface area contributed by atoms with Gasteiger partial charge in [-0.25, -0.2) is 4.98 Å². The number of benzene rings is 1. The topological polar surface area (TPSA) is 43.8 Å². The molecule has 0 saturated carbocycles. The first-order valence-electron chi connectivity index (χ1n) is 5.82. The number of nitrogens with two attached hydrogens (primary N) is 1. The van der Waals surface area contributed by atoms with Gasteiger partial charge in [0.25, 0.3) is 0 Å². The van der Waals surface area contributed by atoms with E-state index in [1.807, 2.05) is 36.7 Å². The predicted octanol–water partition coefficient (Wildman–Crippen LogP) is 4.00. The van der Waals surface area contributed by atoms with E-state index in [0.717, 1.165) is 28.1 Å². The first-order chi connectivity index (χ1) is 9.22. The van der Waals surface area contributed by atoms with Gasteiger partial charge in [-0.05, 0) is 46.3 Å². The maximum absolute atomic E-state index is 5.71. The molecule has 0 aliphatic rings. The van der Waals surface area contributed by atoms with Crippen LogP contribution in [0.4, 0.5) is 5.69 Å². The summed E-state index contributed by atoms with van der Waals surface area (Å²) in [4.78, 5) is 5.73. The Bertz CT molecular complexity index is 685. The van der Waals surface area contributed by atoms with Crippen LogP contribution in [0.1, 0.15) is 4.88 Å². The number of hydrogen-bond acceptors (Lipinski definition) is 3. The lowest BCUT2D eigenvalue weighted by Crippen LogP contribution is -1.99. The van der Waals surface area contributed by atoms with Crippen molar-refractivity contribution in [1.82, 2.24) is 9.55 Å². The minimum Gasteiger partial charge on any atom is -0.399 e. The van der Waals surface area contributed by atoms with Crippen LogP contribution in [-0.4, -0.2) is 9.55 Å². The number of nitrogen functional groups attached to an aromatic ring is 1. The van der Waals surface area contributed by atoms with Crippen molar-refractivity contribution in [2.24, 2.45) is 0 Å². The van der Waals surface area contributed by atoms with Crippen LogP contribution in [0.25, 0.3) is 11.4 Å². The molecule has 19 heavy (non-hydrogen) atoms. The molecule has 1 aromatic carbocycles. The zero-order chi connectivity index (χ0) is 13.2. The third-order valence-electron chi connectivity index (χ3n) is 2.83. The van der Waals surface area contributed by atoms with Gasteiger partial charge in [0.1, 0.15) is 5.82 Å². The van der Waals surface area contributed by atoms with Crippen LogP contribution in [0.15, 0.2) is 52.6 Å². The predicted molar refractivity (Wildman–Crippen MR) is 83.2 cm³/mol. The smallest absolute Gasteiger partial charge is 0.140 e. The molecular weight excluding hydrogens is 322 g/mol. The minimum atomic E-state index is 0.768. The number of anilines is 1. The third-order valence-corrected chi connectivity index (χ3v) is 4.51. The fraction of sp³-hybridized carbons (Fsp3) is 0.0714. The Balaban J connectivity index is 1.92. The molecule has 3 aromatic rings. The minimum absolute atomic E-state index is 0.768. The van der Waals surface area contributed by atoms with E-state index in [0.29, 0.717) is 0 Å². The second-order valence-electron chi connectivity index (χ2n) is 4.23. The summed E-state index contributed by atoms with van der Waals surface area (Å²) >= 11 is 5.22. The Hall–Kier alpha value is -1.59. The van der Waals surface area contributed by atoms with Crippen molar-refractivity contribution in [2.45, 2.75) is 6.54 Å². The van der Waals surface area contributed by atoms with Gasteiger partial charge in [0.2, 0.25) is 0 Å². The third kappa shape index (κ3) is 2.72. The first-order valence-corrected chi connectivity index (χ1v) is 7.49. The molecular formula is C14H12BrN3S. The average molecular weight is 334 g/mol. The Labute approximate surface area is 123 Å². The van der Waals surface area contributed by atoms with Gasteiger partial charge in [-0.3, -0.25) is 0 Å². The fourth-order valence-electron chi connectivity index (χ4n) is 1.93. The quantitative estimate of drug-likeness (QED) is 0.736. The maximum atomic E-state index is 5.71. The molecule has 0 amide bonds. The molecule has 2 aromatic heterocycles. The Morgan fingerprint density at radius 3 is 2.74 bits per heavy atom. The Morgan fingerprint density at radius 1 is 1.26 bits per heavy atom. The number of hydrogen-bond donors (Lipinski definition) is 1. The average Bonchev–Trinajstić information content (AvgIpc) is 3.00. The van der Waals surface area contributed by atoms with Crippen LogP contribution in [-0.2, 0) is 6.54 Å². The number of aromatic nitrogens is 2. The largest absolute Gasteiger partial charge is 0.399 e. The molecule has 2 heterocycles. The molecule has 0 atom stereocenters. The summed E-state index contributed by atoms with van der Waals surface area (Å²) < 4.78 is 3.27. The molecule has 5 heteroatoms. The van der Waals surface area contributed by atoms with E-state index in [1.165, 1.54) is 4.88 Å². The van der Waals surface area contributed by atoms with Gasteiger partial charge in [0, 0.05) is 38.4 Å². The van der Waals surface area contributed by atoms with E-state index in [1.54, 1.807) is 11.3 Å². The summed E-state index contributed by atoms with van der Waals surface area (Å²) in [5, 5.41) is 2.09. The van der Waals surface area contributed by atoms with Gasteiger partial charge in [0.05, 0.1) is 6.54 Å². The number of nitrogens with zero attached hydrogens (tertiary/aromatic N) is 2. The number of halogens is 1. The van der Waals surface area contributed by atoms with Crippen molar-refractivity contribution in [3.8, 4) is 11.4 Å². The molecule has 0 spiro atoms. The van der Waals surface area contributed by atoms with Gasteiger partial charge >= 0.3 is 0 Å². The molecule has 96 valence electrons. The van der Waals surface area contributed by atoms with Crippen molar-refractivity contribution >= 4 is 33.0 Å². The summed E-state index contributed by atoms with van der Waals surface area (Å²) in [7, 11) is 0. The molecule has 0 aliphatic carbocycles. The highest BCUT2D eigenvalue weighted by atomic mass is 79.9. The van der Waals surface area contributed by atoms with Crippen LogP contribution in [0, 0.1) is 0 Å². The van der Waals surface area contributed by atoms with Gasteiger partial charge in [-0.2, -0.15) is 0 Å². The monoisotopic (exact) mass is 333 g/mol. The number of thiophene rings is 1. The lowest BCUT2D eigenvalue weighted by atomic mass is 10.2. The van der Waals surface area contributed by atoms with Crippen molar-refractivity contribution in [3.63, 3.8) is 0 Å². The van der Waals surface area contributed by atoms with Crippen molar-refractivity contribution in [1.29, 1.82) is 0 Å². The van der Waals surface area contributed by atoms with Gasteiger partial charge in [-0.15, -0.1) is 11.3 Å². The SMILES string of the molecule is Nc1ccc(-c2nccn2Cc2cc(Br)cs2)cc1. The molecule has 0 unspecified atom stereocenters. The molecule has 0 saturated heterocycles. The molecule has 2 N–H and O–H groups in total. The van der Waals surface area contributed by atoms with E-state index in [-0.39, 0.29) is 0 Å². The number of rotatable bonds is 3. The van der Waals surface area contributed by atoms with E-state index in [9.17, 15) is 0 Å². The van der Waals surface area contributed by atoms with Crippen molar-refractivity contribution in [2.75, 3.05) is 5.73 Å². The lowest BCUT2D eigenvalue weighted by Gasteiger charge is -2.06. The highest BCUT2D eigenvalue weighted by molar-refractivity contribution is 9.10. The van der Waals surface area contributed by atoms with E-state index >= 15 is 0 Å². The first kappa shape index (κ1) is 12.4. The summed E-state index contributed by atoms with van der Waals surface area (Å²) in [6.45, 7) is 0.829. The van der Waals surface area contributed by atoms with Crippen LogP contribution in [0.5, 0.6) is 0 Å². The van der Waals surface area contributed by atoms with E-state index in [4.69, 9.17) is 5.73 Å². The van der Waals surface area contributed by atoms with Crippen molar-refractivity contribution in [3.05, 3.63) is 57.5 Å². The van der Waals surface area contributed by atoms with Crippen LogP contribution < -0.4 is 5.73 Å². The highest BCUT2D eigenvalue weighted by Crippen LogP contribution is 2.24. The highest BCUT2D eigenvalue weighted by Gasteiger charge is 2.07. The van der Waals surface area contributed by atoms with E-state index < -0.39 is 0 Å². The van der Waals surface area contributed by atoms with Crippen LogP contribution >= 0.6 is 27.3 Å². The Morgan fingerprint density at radius 2 is 2.05 bits per heavy atom. The summed E-state index contributed by atoms with van der Waals surface area (Å²) in [6, 6.07) is 9.93. The summed E-state index contributed by atoms with van der Waals surface area (Å²) in [6.07, 6.45) is 3.83. The molecule has 3 rings (SSSR count). The van der Waals surface area contributed by atoms with Gasteiger partial charge in [-0.1, -0.05) is 0 Å². The summed E-state index contributed by atoms with van der Waals surface area (Å²) in [5.41, 5.74) is 7.56. The zero-order valence-corrected chi connectivity index (χ0v) is 12.5. The molecule has 0 bridgehead atoms. The van der Waals surface area contributed by atoms with Gasteiger partial charge < -0.3 is 10.3 Å². The molecule has 0 fully saturated rings. The standard InChI is InChI=1S/C14H12BrN3S/c15-11-7-13(19-9-11)8-18-6-5-17-14(18)10-1-3-12(16)4-2-10/h1-7,9H,8,16H2. The normalized spacial score (nSPS) is 10.8. The number of imidazole rings is 1. The fourth-order valence-corrected chi connectivity index (χ4v) is 3.38. The van der Waals surface area contributed by atoms with Crippen LogP contribution in [0.2, 0.25) is 0 Å². The Kier molecular flexibility index (Phi) is 3.40. The van der Waals surface area contributed by atoms with Crippen LogP contribution in [0.3, 0.4) is 0 Å². The molecule has 0 aliphatic heterocycles. The molecule has 0 radical (unpaired) electrons. The van der Waals surface area contributed by atoms with E-state index in [2.05, 4.69) is 36.9 Å². The molecule has 3 nitrogen and oxygen atoms in total. The van der Waals surface area contributed by atoms with Gasteiger partial charge in [0.15, 0.2) is 0 Å². The van der Waals surface area contributed by atoms with Crippen molar-refractivity contribution < 1.29 is 0 Å². The second-order valence-corrected chi connectivity index (χ2v) is 6.14.